The van der Waals surface area contributed by atoms with Gasteiger partial charge < -0.3 is 9.47 Å². The lowest BCUT2D eigenvalue weighted by Gasteiger charge is -2.32. The third kappa shape index (κ3) is 4.95. The SMILES string of the molecule is CCCC1CCC(C2CCC(c3ccc(-c4ccc(OCC)c(F)c4F)cc3)CC2)O1. The van der Waals surface area contributed by atoms with Crippen molar-refractivity contribution in [3.05, 3.63) is 53.6 Å². The summed E-state index contributed by atoms with van der Waals surface area (Å²) in [5.74, 6) is -0.572. The molecule has 4 heteroatoms. The summed E-state index contributed by atoms with van der Waals surface area (Å²) in [5, 5.41) is 0. The van der Waals surface area contributed by atoms with Gasteiger partial charge in [0.05, 0.1) is 18.8 Å². The van der Waals surface area contributed by atoms with Gasteiger partial charge in [0.15, 0.2) is 11.6 Å². The molecule has 0 amide bonds. The van der Waals surface area contributed by atoms with Gasteiger partial charge in [-0.3, -0.25) is 0 Å². The van der Waals surface area contributed by atoms with E-state index < -0.39 is 11.6 Å². The third-order valence-electron chi connectivity index (χ3n) is 7.09. The highest BCUT2D eigenvalue weighted by molar-refractivity contribution is 5.65. The summed E-state index contributed by atoms with van der Waals surface area (Å²) in [6, 6.07) is 11.1. The molecule has 2 fully saturated rings. The van der Waals surface area contributed by atoms with Crippen LogP contribution in [0.25, 0.3) is 11.1 Å². The summed E-state index contributed by atoms with van der Waals surface area (Å²) in [4.78, 5) is 0. The molecular weight excluding hydrogens is 394 g/mol. The van der Waals surface area contributed by atoms with Crippen LogP contribution in [0.1, 0.15) is 76.7 Å². The standard InChI is InChI=1S/C27H34F2O2/c1-3-5-22-14-16-24(31-22)21-12-8-19(9-13-21)18-6-10-20(11-7-18)23-15-17-25(30-4-2)27(29)26(23)28/h6-7,10-11,15,17,19,21-22,24H,3-5,8-9,12-14,16H2,1-2H3. The third-order valence-corrected chi connectivity index (χ3v) is 7.09. The lowest BCUT2D eigenvalue weighted by atomic mass is 9.76. The molecule has 2 unspecified atom stereocenters. The van der Waals surface area contributed by atoms with Gasteiger partial charge in [-0.2, -0.15) is 4.39 Å². The van der Waals surface area contributed by atoms with Gasteiger partial charge in [0.2, 0.25) is 5.82 Å². The fourth-order valence-corrected chi connectivity index (χ4v) is 5.40. The van der Waals surface area contributed by atoms with Crippen LogP contribution in [0.5, 0.6) is 5.75 Å². The minimum Gasteiger partial charge on any atom is -0.491 e. The molecule has 31 heavy (non-hydrogen) atoms. The summed E-state index contributed by atoms with van der Waals surface area (Å²) < 4.78 is 40.2. The van der Waals surface area contributed by atoms with Crippen molar-refractivity contribution in [3.63, 3.8) is 0 Å². The van der Waals surface area contributed by atoms with Crippen molar-refractivity contribution in [1.82, 2.24) is 0 Å². The molecule has 1 aliphatic carbocycles. The van der Waals surface area contributed by atoms with Crippen molar-refractivity contribution in [1.29, 1.82) is 0 Å². The number of rotatable bonds is 7. The summed E-state index contributed by atoms with van der Waals surface area (Å²) in [6.45, 7) is 4.29. The van der Waals surface area contributed by atoms with E-state index in [1.807, 2.05) is 12.1 Å². The molecule has 4 rings (SSSR count). The van der Waals surface area contributed by atoms with Crippen molar-refractivity contribution in [2.24, 2.45) is 5.92 Å². The van der Waals surface area contributed by atoms with Crippen molar-refractivity contribution < 1.29 is 18.3 Å². The van der Waals surface area contributed by atoms with E-state index in [1.54, 1.807) is 13.0 Å². The average molecular weight is 429 g/mol. The van der Waals surface area contributed by atoms with E-state index >= 15 is 0 Å². The number of benzene rings is 2. The zero-order valence-corrected chi connectivity index (χ0v) is 18.7. The molecule has 2 atom stereocenters. The summed E-state index contributed by atoms with van der Waals surface area (Å²) >= 11 is 0. The van der Waals surface area contributed by atoms with E-state index in [1.165, 1.54) is 63.0 Å². The molecule has 1 aliphatic heterocycles. The Morgan fingerprint density at radius 1 is 0.871 bits per heavy atom. The van der Waals surface area contributed by atoms with Gasteiger partial charge in [0.25, 0.3) is 0 Å². The second-order valence-corrected chi connectivity index (χ2v) is 9.07. The molecule has 2 aromatic carbocycles. The van der Waals surface area contributed by atoms with Crippen LogP contribution in [0.3, 0.4) is 0 Å². The van der Waals surface area contributed by atoms with Crippen molar-refractivity contribution in [3.8, 4) is 16.9 Å². The minimum atomic E-state index is -0.919. The van der Waals surface area contributed by atoms with Crippen LogP contribution in [-0.4, -0.2) is 18.8 Å². The molecule has 1 heterocycles. The van der Waals surface area contributed by atoms with Crippen LogP contribution >= 0.6 is 0 Å². The minimum absolute atomic E-state index is 0.0376. The van der Waals surface area contributed by atoms with E-state index in [0.29, 0.717) is 36.2 Å². The Morgan fingerprint density at radius 3 is 2.29 bits per heavy atom. The molecule has 2 aliphatic rings. The molecule has 0 radical (unpaired) electrons. The monoisotopic (exact) mass is 428 g/mol. The van der Waals surface area contributed by atoms with Gasteiger partial charge in [-0.15, -0.1) is 0 Å². The Hall–Kier alpha value is -1.94. The summed E-state index contributed by atoms with van der Waals surface area (Å²) in [7, 11) is 0. The van der Waals surface area contributed by atoms with Gasteiger partial charge in [0, 0.05) is 5.56 Å². The lowest BCUT2D eigenvalue weighted by molar-refractivity contribution is -0.00426. The fourth-order valence-electron chi connectivity index (χ4n) is 5.40. The van der Waals surface area contributed by atoms with Gasteiger partial charge >= 0.3 is 0 Å². The van der Waals surface area contributed by atoms with Crippen LogP contribution in [0.2, 0.25) is 0 Å². The average Bonchev–Trinajstić information content (AvgIpc) is 3.26. The van der Waals surface area contributed by atoms with Crippen LogP contribution in [0.15, 0.2) is 36.4 Å². The first kappa shape index (κ1) is 22.3. The molecule has 0 spiro atoms. The van der Waals surface area contributed by atoms with Crippen LogP contribution in [-0.2, 0) is 4.74 Å². The lowest BCUT2D eigenvalue weighted by Crippen LogP contribution is -2.25. The zero-order chi connectivity index (χ0) is 21.8. The van der Waals surface area contributed by atoms with Gasteiger partial charge in [0.1, 0.15) is 0 Å². The van der Waals surface area contributed by atoms with Gasteiger partial charge in [-0.05, 0) is 87.0 Å². The van der Waals surface area contributed by atoms with E-state index in [4.69, 9.17) is 9.47 Å². The number of hydrogen-bond donors (Lipinski definition) is 0. The van der Waals surface area contributed by atoms with E-state index in [2.05, 4.69) is 19.1 Å². The molecule has 2 nitrogen and oxygen atoms in total. The second-order valence-electron chi connectivity index (χ2n) is 9.07. The van der Waals surface area contributed by atoms with Gasteiger partial charge in [-0.1, -0.05) is 37.6 Å². The smallest absolute Gasteiger partial charge is 0.201 e. The largest absolute Gasteiger partial charge is 0.491 e. The van der Waals surface area contributed by atoms with Crippen LogP contribution in [0.4, 0.5) is 8.78 Å². The first-order chi connectivity index (χ1) is 15.1. The Balaban J connectivity index is 1.37. The Morgan fingerprint density at radius 2 is 1.61 bits per heavy atom. The molecule has 0 aromatic heterocycles. The fraction of sp³-hybridized carbons (Fsp3) is 0.556. The van der Waals surface area contributed by atoms with Crippen molar-refractivity contribution in [2.75, 3.05) is 6.61 Å². The van der Waals surface area contributed by atoms with E-state index in [9.17, 15) is 8.78 Å². The molecule has 1 saturated carbocycles. The Bertz CT molecular complexity index is 856. The molecule has 0 N–H and O–H groups in total. The maximum absolute atomic E-state index is 14.5. The predicted molar refractivity (Wildman–Crippen MR) is 120 cm³/mol. The highest BCUT2D eigenvalue weighted by atomic mass is 19.2. The van der Waals surface area contributed by atoms with Crippen molar-refractivity contribution >= 4 is 0 Å². The first-order valence-electron chi connectivity index (χ1n) is 12.0. The molecule has 2 aromatic rings. The number of hydrogen-bond acceptors (Lipinski definition) is 2. The highest BCUT2D eigenvalue weighted by Crippen LogP contribution is 2.41. The quantitative estimate of drug-likeness (QED) is 0.451. The Labute approximate surface area is 185 Å². The van der Waals surface area contributed by atoms with E-state index in [0.717, 1.165) is 0 Å². The van der Waals surface area contributed by atoms with E-state index in [-0.39, 0.29) is 11.3 Å². The van der Waals surface area contributed by atoms with Crippen LogP contribution in [0, 0.1) is 17.6 Å². The predicted octanol–water partition coefficient (Wildman–Crippen LogP) is 7.65. The number of halogens is 2. The number of ether oxygens (including phenoxy) is 2. The summed E-state index contributed by atoms with van der Waals surface area (Å²) in [6.07, 6.45) is 10.6. The summed E-state index contributed by atoms with van der Waals surface area (Å²) in [5.41, 5.74) is 2.26. The molecule has 1 saturated heterocycles. The Kier molecular flexibility index (Phi) is 7.27. The highest BCUT2D eigenvalue weighted by Gasteiger charge is 2.34. The zero-order valence-electron chi connectivity index (χ0n) is 18.7. The molecule has 0 bridgehead atoms. The van der Waals surface area contributed by atoms with Gasteiger partial charge in [-0.25, -0.2) is 4.39 Å². The maximum Gasteiger partial charge on any atom is 0.201 e. The first-order valence-corrected chi connectivity index (χ1v) is 12.0. The molecule has 168 valence electrons. The second kappa shape index (κ2) is 10.1. The maximum atomic E-state index is 14.5. The normalized spacial score (nSPS) is 26.2. The topological polar surface area (TPSA) is 18.5 Å². The molecular formula is C27H34F2O2. The van der Waals surface area contributed by atoms with Crippen molar-refractivity contribution in [2.45, 2.75) is 83.3 Å². The van der Waals surface area contributed by atoms with Crippen LogP contribution < -0.4 is 4.74 Å².